The molecule has 1 aromatic rings. The van der Waals surface area contributed by atoms with E-state index in [1.54, 1.807) is 0 Å². The molecule has 1 aliphatic heterocycles. The monoisotopic (exact) mass is 219 g/mol. The number of nitrogens with zero attached hydrogens (tertiary/aromatic N) is 1. The summed E-state index contributed by atoms with van der Waals surface area (Å²) in [4.78, 5) is 1.95. The number of benzene rings is 1. The lowest BCUT2D eigenvalue weighted by Gasteiger charge is -2.17. The van der Waals surface area contributed by atoms with Crippen molar-refractivity contribution in [2.45, 2.75) is 12.8 Å². The molecule has 0 spiro atoms. The first-order chi connectivity index (χ1) is 6.27. The van der Waals surface area contributed by atoms with Crippen molar-refractivity contribution in [2.75, 3.05) is 18.0 Å². The lowest BCUT2D eigenvalue weighted by Crippen LogP contribution is -2.18. The lowest BCUT2D eigenvalue weighted by molar-refractivity contribution is 0.581. The third-order valence-electron chi connectivity index (χ3n) is 2.36. The topological polar surface area (TPSA) is 3.24 Å². The molecule has 0 amide bonds. The smallest absolute Gasteiger partial charge is 0.149 e. The van der Waals surface area contributed by atoms with E-state index in [4.69, 9.17) is 0 Å². The van der Waals surface area contributed by atoms with Crippen LogP contribution in [-0.4, -0.2) is 13.1 Å². The summed E-state index contributed by atoms with van der Waals surface area (Å²) in [6.07, 6.45) is 2.19. The molecule has 0 aromatic heterocycles. The maximum absolute atomic E-state index is 13.2. The molecule has 78 valence electrons. The second kappa shape index (κ2) is 4.60. The van der Waals surface area contributed by atoms with Gasteiger partial charge < -0.3 is 4.90 Å². The van der Waals surface area contributed by atoms with Crippen molar-refractivity contribution >= 4 is 18.1 Å². The Kier molecular flexibility index (Phi) is 3.69. The van der Waals surface area contributed by atoms with Crippen molar-refractivity contribution in [3.8, 4) is 0 Å². The minimum Gasteiger partial charge on any atom is -0.369 e. The van der Waals surface area contributed by atoms with Crippen molar-refractivity contribution in [3.05, 3.63) is 29.8 Å². The van der Waals surface area contributed by atoms with Gasteiger partial charge in [0.2, 0.25) is 0 Å². The average molecular weight is 220 g/mol. The Bertz CT molecular complexity index is 311. The Hall–Kier alpha value is -0.830. The van der Waals surface area contributed by atoms with Crippen LogP contribution in [0.2, 0.25) is 0 Å². The van der Waals surface area contributed by atoms with Gasteiger partial charge in [-0.1, -0.05) is 0 Å². The van der Waals surface area contributed by atoms with Crippen LogP contribution < -0.4 is 4.90 Å². The highest BCUT2D eigenvalue weighted by molar-refractivity contribution is 5.85. The molecule has 1 heterocycles. The summed E-state index contributed by atoms with van der Waals surface area (Å²) in [5, 5.41) is 0. The van der Waals surface area contributed by atoms with Crippen LogP contribution >= 0.6 is 12.4 Å². The number of rotatable bonds is 1. The van der Waals surface area contributed by atoms with Crippen LogP contribution in [0.3, 0.4) is 0 Å². The number of halogens is 3. The Balaban J connectivity index is 0.000000980. The number of anilines is 1. The van der Waals surface area contributed by atoms with Gasteiger partial charge in [0.1, 0.15) is 11.6 Å². The van der Waals surface area contributed by atoms with Crippen LogP contribution in [-0.2, 0) is 0 Å². The van der Waals surface area contributed by atoms with Crippen LogP contribution in [0, 0.1) is 11.6 Å². The molecule has 0 atom stereocenters. The molecular formula is C10H12ClF2N. The average Bonchev–Trinajstić information content (AvgIpc) is 2.56. The highest BCUT2D eigenvalue weighted by Crippen LogP contribution is 2.23. The normalized spacial score (nSPS) is 15.4. The quantitative estimate of drug-likeness (QED) is 0.702. The third-order valence-corrected chi connectivity index (χ3v) is 2.36. The Morgan fingerprint density at radius 1 is 1.07 bits per heavy atom. The van der Waals surface area contributed by atoms with Gasteiger partial charge in [0, 0.05) is 19.2 Å². The predicted octanol–water partition coefficient (Wildman–Crippen LogP) is 2.99. The Labute approximate surface area is 88.1 Å². The lowest BCUT2D eigenvalue weighted by atomic mass is 10.3. The summed E-state index contributed by atoms with van der Waals surface area (Å²) in [5.74, 6) is -0.970. The number of hydrogen-bond acceptors (Lipinski definition) is 1. The van der Waals surface area contributed by atoms with Gasteiger partial charge in [0.05, 0.1) is 5.69 Å². The van der Waals surface area contributed by atoms with Gasteiger partial charge in [0.15, 0.2) is 0 Å². The van der Waals surface area contributed by atoms with Gasteiger partial charge in [-0.05, 0) is 25.0 Å². The van der Waals surface area contributed by atoms with E-state index in [1.165, 1.54) is 12.1 Å². The van der Waals surface area contributed by atoms with E-state index in [1.807, 2.05) is 4.90 Å². The fourth-order valence-electron chi connectivity index (χ4n) is 1.70. The zero-order chi connectivity index (χ0) is 9.26. The zero-order valence-corrected chi connectivity index (χ0v) is 8.49. The summed E-state index contributed by atoms with van der Waals surface area (Å²) in [6.45, 7) is 1.76. The molecule has 0 radical (unpaired) electrons. The fourth-order valence-corrected chi connectivity index (χ4v) is 1.70. The standard InChI is InChI=1S/C10H11F2N.ClH/c11-8-3-4-10(9(12)7-8)13-5-1-2-6-13;/h3-4,7H,1-2,5-6H2;1H. The van der Waals surface area contributed by atoms with Gasteiger partial charge in [0.25, 0.3) is 0 Å². The van der Waals surface area contributed by atoms with Crippen molar-refractivity contribution in [3.63, 3.8) is 0 Å². The minimum absolute atomic E-state index is 0. The van der Waals surface area contributed by atoms with E-state index in [2.05, 4.69) is 0 Å². The van der Waals surface area contributed by atoms with E-state index in [-0.39, 0.29) is 12.4 Å². The van der Waals surface area contributed by atoms with Gasteiger partial charge in [-0.2, -0.15) is 0 Å². The molecule has 0 aliphatic carbocycles. The second-order valence-electron chi connectivity index (χ2n) is 3.29. The summed E-state index contributed by atoms with van der Waals surface area (Å²) in [6, 6.07) is 3.75. The van der Waals surface area contributed by atoms with Crippen LogP contribution in [0.5, 0.6) is 0 Å². The molecule has 0 N–H and O–H groups in total. The zero-order valence-electron chi connectivity index (χ0n) is 7.67. The van der Waals surface area contributed by atoms with Crippen LogP contribution in [0.25, 0.3) is 0 Å². The van der Waals surface area contributed by atoms with Gasteiger partial charge in [-0.3, -0.25) is 0 Å². The maximum Gasteiger partial charge on any atom is 0.149 e. The first-order valence-electron chi connectivity index (χ1n) is 4.47. The van der Waals surface area contributed by atoms with E-state index in [9.17, 15) is 8.78 Å². The van der Waals surface area contributed by atoms with Crippen molar-refractivity contribution in [1.29, 1.82) is 0 Å². The molecule has 1 nitrogen and oxygen atoms in total. The SMILES string of the molecule is Cl.Fc1ccc(N2CCCC2)c(F)c1. The van der Waals surface area contributed by atoms with Crippen LogP contribution in [0.15, 0.2) is 18.2 Å². The fraction of sp³-hybridized carbons (Fsp3) is 0.400. The maximum atomic E-state index is 13.2. The molecular weight excluding hydrogens is 208 g/mol. The molecule has 0 bridgehead atoms. The molecule has 0 unspecified atom stereocenters. The second-order valence-corrected chi connectivity index (χ2v) is 3.29. The minimum atomic E-state index is -0.513. The summed E-state index contributed by atoms with van der Waals surface area (Å²) >= 11 is 0. The third kappa shape index (κ3) is 2.15. The first kappa shape index (κ1) is 11.2. The molecule has 1 aromatic carbocycles. The number of hydrogen-bond donors (Lipinski definition) is 0. The van der Waals surface area contributed by atoms with Crippen molar-refractivity contribution < 1.29 is 8.78 Å². The van der Waals surface area contributed by atoms with E-state index in [0.717, 1.165) is 32.0 Å². The molecule has 4 heteroatoms. The van der Waals surface area contributed by atoms with Gasteiger partial charge in [-0.25, -0.2) is 8.78 Å². The van der Waals surface area contributed by atoms with Gasteiger partial charge in [-0.15, -0.1) is 12.4 Å². The molecule has 2 rings (SSSR count). The van der Waals surface area contributed by atoms with E-state index < -0.39 is 11.6 Å². The van der Waals surface area contributed by atoms with Crippen molar-refractivity contribution in [1.82, 2.24) is 0 Å². The van der Waals surface area contributed by atoms with E-state index >= 15 is 0 Å². The van der Waals surface area contributed by atoms with Crippen LogP contribution in [0.1, 0.15) is 12.8 Å². The van der Waals surface area contributed by atoms with Gasteiger partial charge >= 0.3 is 0 Å². The highest BCUT2D eigenvalue weighted by Gasteiger charge is 2.15. The Morgan fingerprint density at radius 3 is 2.29 bits per heavy atom. The molecule has 1 fully saturated rings. The molecule has 1 aliphatic rings. The molecule has 0 saturated carbocycles. The summed E-state index contributed by atoms with van der Waals surface area (Å²) in [5.41, 5.74) is 0.527. The first-order valence-corrected chi connectivity index (χ1v) is 4.47. The van der Waals surface area contributed by atoms with Crippen molar-refractivity contribution in [2.24, 2.45) is 0 Å². The summed E-state index contributed by atoms with van der Waals surface area (Å²) in [7, 11) is 0. The largest absolute Gasteiger partial charge is 0.369 e. The van der Waals surface area contributed by atoms with E-state index in [0.29, 0.717) is 5.69 Å². The highest BCUT2D eigenvalue weighted by atomic mass is 35.5. The predicted molar refractivity (Wildman–Crippen MR) is 55.1 cm³/mol. The Morgan fingerprint density at radius 2 is 1.71 bits per heavy atom. The molecule has 14 heavy (non-hydrogen) atoms. The molecule has 1 saturated heterocycles. The van der Waals surface area contributed by atoms with Crippen LogP contribution in [0.4, 0.5) is 14.5 Å². The summed E-state index contributed by atoms with van der Waals surface area (Å²) < 4.78 is 25.8.